The molecule has 2 heterocycles. The molecule has 0 aliphatic heterocycles. The number of carbonyl (C=O) groups is 1. The Kier molecular flexibility index (Phi) is 4.04. The Balaban J connectivity index is 1.98. The lowest BCUT2D eigenvalue weighted by Crippen LogP contribution is -2.31. The number of hydrogen-bond acceptors (Lipinski definition) is 5. The van der Waals surface area contributed by atoms with Crippen LogP contribution in [0.1, 0.15) is 23.1 Å². The molecule has 0 atom stereocenters. The number of rotatable bonds is 3. The molecule has 3 aromatic rings. The molecule has 0 spiro atoms. The number of amides is 1. The van der Waals surface area contributed by atoms with Crippen molar-refractivity contribution in [1.29, 1.82) is 0 Å². The molecule has 0 saturated heterocycles. The highest BCUT2D eigenvalue weighted by Gasteiger charge is 2.21. The normalized spacial score (nSPS) is 10.9. The van der Waals surface area contributed by atoms with Crippen LogP contribution in [0.15, 0.2) is 30.6 Å². The Morgan fingerprint density at radius 2 is 2.14 bits per heavy atom. The van der Waals surface area contributed by atoms with Gasteiger partial charge in [0.25, 0.3) is 5.91 Å². The van der Waals surface area contributed by atoms with Crippen LogP contribution in [0.2, 0.25) is 5.02 Å². The molecule has 22 heavy (non-hydrogen) atoms. The minimum absolute atomic E-state index is 0.208. The van der Waals surface area contributed by atoms with E-state index in [0.717, 1.165) is 15.9 Å². The lowest BCUT2D eigenvalue weighted by atomic mass is 10.3. The van der Waals surface area contributed by atoms with Crippen LogP contribution in [0.4, 0.5) is 5.13 Å². The molecule has 0 unspecified atom stereocenters. The lowest BCUT2D eigenvalue weighted by molar-refractivity contribution is 0.0983. The second-order valence-electron chi connectivity index (χ2n) is 4.70. The van der Waals surface area contributed by atoms with Gasteiger partial charge in [0.05, 0.1) is 22.1 Å². The van der Waals surface area contributed by atoms with E-state index in [-0.39, 0.29) is 5.91 Å². The summed E-state index contributed by atoms with van der Waals surface area (Å²) in [5.74, 6) is -0.208. The molecular weight excluding hydrogens is 320 g/mol. The third-order valence-corrected chi connectivity index (χ3v) is 4.43. The standard InChI is InChI=1S/C15H13ClN4OS/c1-3-20(14(21)12-8-17-9(2)7-18-12)15-19-11-6-10(16)4-5-13(11)22-15/h4-8H,3H2,1-2H3. The summed E-state index contributed by atoms with van der Waals surface area (Å²) in [6.07, 6.45) is 3.07. The van der Waals surface area contributed by atoms with Gasteiger partial charge in [-0.3, -0.25) is 14.7 Å². The summed E-state index contributed by atoms with van der Waals surface area (Å²) >= 11 is 7.43. The molecule has 1 aromatic carbocycles. The van der Waals surface area contributed by atoms with Crippen LogP contribution < -0.4 is 4.90 Å². The maximum Gasteiger partial charge on any atom is 0.280 e. The number of benzene rings is 1. The Morgan fingerprint density at radius 3 is 2.82 bits per heavy atom. The highest BCUT2D eigenvalue weighted by atomic mass is 35.5. The average Bonchev–Trinajstić information content (AvgIpc) is 2.91. The van der Waals surface area contributed by atoms with Gasteiger partial charge >= 0.3 is 0 Å². The molecule has 7 heteroatoms. The van der Waals surface area contributed by atoms with Crippen LogP contribution in [-0.2, 0) is 0 Å². The van der Waals surface area contributed by atoms with Crippen molar-refractivity contribution < 1.29 is 4.79 Å². The Labute approximate surface area is 136 Å². The zero-order chi connectivity index (χ0) is 15.7. The van der Waals surface area contributed by atoms with Crippen LogP contribution in [0, 0.1) is 6.92 Å². The number of aryl methyl sites for hydroxylation is 1. The number of hydrogen-bond donors (Lipinski definition) is 0. The van der Waals surface area contributed by atoms with E-state index < -0.39 is 0 Å². The first-order chi connectivity index (χ1) is 10.6. The van der Waals surface area contributed by atoms with Crippen LogP contribution in [-0.4, -0.2) is 27.4 Å². The average molecular weight is 333 g/mol. The molecule has 0 saturated carbocycles. The summed E-state index contributed by atoms with van der Waals surface area (Å²) in [5.41, 5.74) is 1.87. The van der Waals surface area contributed by atoms with Crippen LogP contribution in [0.5, 0.6) is 0 Å². The van der Waals surface area contributed by atoms with Crippen molar-refractivity contribution in [2.45, 2.75) is 13.8 Å². The van der Waals surface area contributed by atoms with Gasteiger partial charge in [-0.05, 0) is 32.0 Å². The molecule has 2 aromatic heterocycles. The van der Waals surface area contributed by atoms with Crippen LogP contribution >= 0.6 is 22.9 Å². The molecular formula is C15H13ClN4OS. The fourth-order valence-electron chi connectivity index (χ4n) is 2.01. The van der Waals surface area contributed by atoms with Gasteiger partial charge in [0, 0.05) is 17.8 Å². The van der Waals surface area contributed by atoms with Gasteiger partial charge < -0.3 is 0 Å². The number of halogens is 1. The number of carbonyl (C=O) groups excluding carboxylic acids is 1. The van der Waals surface area contributed by atoms with E-state index in [1.807, 2.05) is 26.0 Å². The first-order valence-electron chi connectivity index (χ1n) is 6.75. The maximum absolute atomic E-state index is 12.6. The zero-order valence-electron chi connectivity index (χ0n) is 12.1. The molecule has 0 radical (unpaired) electrons. The SMILES string of the molecule is CCN(C(=O)c1cnc(C)cn1)c1nc2cc(Cl)ccc2s1. The molecule has 0 aliphatic rings. The molecule has 0 N–H and O–H groups in total. The summed E-state index contributed by atoms with van der Waals surface area (Å²) in [4.78, 5) is 27.0. The fourth-order valence-corrected chi connectivity index (χ4v) is 3.19. The van der Waals surface area contributed by atoms with E-state index in [0.29, 0.717) is 22.4 Å². The zero-order valence-corrected chi connectivity index (χ0v) is 13.6. The molecule has 0 bridgehead atoms. The van der Waals surface area contributed by atoms with Crippen LogP contribution in [0.25, 0.3) is 10.2 Å². The van der Waals surface area contributed by atoms with Crippen molar-refractivity contribution in [3.05, 3.63) is 47.0 Å². The summed E-state index contributed by atoms with van der Waals surface area (Å²) in [6.45, 7) is 4.23. The minimum Gasteiger partial charge on any atom is -0.283 e. The first kappa shape index (κ1) is 14.9. The van der Waals surface area contributed by atoms with Crippen molar-refractivity contribution >= 4 is 44.2 Å². The van der Waals surface area contributed by atoms with E-state index in [9.17, 15) is 4.79 Å². The van der Waals surface area contributed by atoms with Gasteiger partial charge in [0.1, 0.15) is 5.69 Å². The first-order valence-corrected chi connectivity index (χ1v) is 7.94. The van der Waals surface area contributed by atoms with E-state index >= 15 is 0 Å². The highest BCUT2D eigenvalue weighted by Crippen LogP contribution is 2.31. The van der Waals surface area contributed by atoms with Crippen molar-refractivity contribution in [2.75, 3.05) is 11.4 Å². The lowest BCUT2D eigenvalue weighted by Gasteiger charge is -2.16. The van der Waals surface area contributed by atoms with E-state index in [1.165, 1.54) is 17.5 Å². The third-order valence-electron chi connectivity index (χ3n) is 3.13. The number of thiazole rings is 1. The van der Waals surface area contributed by atoms with Gasteiger partial charge in [-0.1, -0.05) is 22.9 Å². The maximum atomic E-state index is 12.6. The van der Waals surface area contributed by atoms with Crippen molar-refractivity contribution in [2.24, 2.45) is 0 Å². The Hall–Kier alpha value is -2.05. The summed E-state index contributed by atoms with van der Waals surface area (Å²) in [7, 11) is 0. The molecule has 112 valence electrons. The Morgan fingerprint density at radius 1 is 1.32 bits per heavy atom. The minimum atomic E-state index is -0.208. The largest absolute Gasteiger partial charge is 0.283 e. The summed E-state index contributed by atoms with van der Waals surface area (Å²) < 4.78 is 0.987. The van der Waals surface area contributed by atoms with Crippen molar-refractivity contribution in [3.63, 3.8) is 0 Å². The molecule has 1 amide bonds. The van der Waals surface area contributed by atoms with Gasteiger partial charge in [0.15, 0.2) is 5.13 Å². The van der Waals surface area contributed by atoms with E-state index in [2.05, 4.69) is 15.0 Å². The molecule has 0 fully saturated rings. The summed E-state index contributed by atoms with van der Waals surface area (Å²) in [5, 5.41) is 1.26. The molecule has 3 rings (SSSR count). The van der Waals surface area contributed by atoms with Gasteiger partial charge in [-0.2, -0.15) is 0 Å². The second kappa shape index (κ2) is 5.98. The number of fused-ring (bicyclic) bond motifs is 1. The van der Waals surface area contributed by atoms with E-state index in [1.54, 1.807) is 17.2 Å². The Bertz CT molecular complexity index is 831. The predicted octanol–water partition coefficient (Wildman–Crippen LogP) is 3.71. The molecule has 0 aliphatic carbocycles. The van der Waals surface area contributed by atoms with Gasteiger partial charge in [0.2, 0.25) is 0 Å². The van der Waals surface area contributed by atoms with Gasteiger partial charge in [-0.25, -0.2) is 9.97 Å². The third kappa shape index (κ3) is 2.80. The fraction of sp³-hybridized carbons (Fsp3) is 0.200. The smallest absolute Gasteiger partial charge is 0.280 e. The topological polar surface area (TPSA) is 59.0 Å². The van der Waals surface area contributed by atoms with Crippen LogP contribution in [0.3, 0.4) is 0 Å². The molecule has 5 nitrogen and oxygen atoms in total. The highest BCUT2D eigenvalue weighted by molar-refractivity contribution is 7.22. The second-order valence-corrected chi connectivity index (χ2v) is 6.15. The number of nitrogens with zero attached hydrogens (tertiary/aromatic N) is 4. The van der Waals surface area contributed by atoms with Crippen molar-refractivity contribution in [3.8, 4) is 0 Å². The monoisotopic (exact) mass is 332 g/mol. The van der Waals surface area contributed by atoms with Crippen molar-refractivity contribution in [1.82, 2.24) is 15.0 Å². The number of aromatic nitrogens is 3. The summed E-state index contributed by atoms with van der Waals surface area (Å²) in [6, 6.07) is 5.51. The van der Waals surface area contributed by atoms with Gasteiger partial charge in [-0.15, -0.1) is 0 Å². The predicted molar refractivity (Wildman–Crippen MR) is 88.7 cm³/mol. The van der Waals surface area contributed by atoms with E-state index in [4.69, 9.17) is 11.6 Å². The number of anilines is 1. The quantitative estimate of drug-likeness (QED) is 0.733.